The molecule has 0 fully saturated rings. The molecule has 4 heteroatoms. The van der Waals surface area contributed by atoms with Crippen molar-refractivity contribution in [1.82, 2.24) is 16.0 Å². The van der Waals surface area contributed by atoms with Crippen molar-refractivity contribution in [2.24, 2.45) is 5.73 Å². The summed E-state index contributed by atoms with van der Waals surface area (Å²) in [4.78, 5) is 0. The van der Waals surface area contributed by atoms with E-state index in [1.54, 1.807) is 0 Å². The van der Waals surface area contributed by atoms with Gasteiger partial charge in [-0.25, -0.2) is 0 Å². The molecule has 0 heterocycles. The van der Waals surface area contributed by atoms with E-state index >= 15 is 0 Å². The van der Waals surface area contributed by atoms with Crippen molar-refractivity contribution in [3.05, 3.63) is 0 Å². The van der Waals surface area contributed by atoms with Crippen LogP contribution in [-0.2, 0) is 0 Å². The highest BCUT2D eigenvalue weighted by molar-refractivity contribution is 4.84. The van der Waals surface area contributed by atoms with Gasteiger partial charge in [0.2, 0.25) is 0 Å². The first kappa shape index (κ1) is 17.8. The highest BCUT2D eigenvalue weighted by Crippen LogP contribution is 2.03. The summed E-state index contributed by atoms with van der Waals surface area (Å²) < 4.78 is 0. The van der Waals surface area contributed by atoms with Gasteiger partial charge in [-0.05, 0) is 48.5 Å². The summed E-state index contributed by atoms with van der Waals surface area (Å²) in [5, 5.41) is 10.6. The quantitative estimate of drug-likeness (QED) is 0.526. The van der Waals surface area contributed by atoms with Gasteiger partial charge in [-0.1, -0.05) is 0 Å². The summed E-state index contributed by atoms with van der Waals surface area (Å²) in [6.45, 7) is 17.9. The Kier molecular flexibility index (Phi) is 7.37. The molecular weight excluding hydrogens is 224 g/mol. The second kappa shape index (κ2) is 7.43. The standard InChI is InChI=1S/C14H34N4/c1-11(8-15)18-14(6,7)10-16-9-12(2)17-13(3,4)5/h11-12,16-18H,8-10,15H2,1-7H3/t11-,12+/m1/s1. The van der Waals surface area contributed by atoms with Gasteiger partial charge in [-0.15, -0.1) is 0 Å². The minimum absolute atomic E-state index is 0.0697. The molecule has 0 amide bonds. The van der Waals surface area contributed by atoms with Crippen molar-refractivity contribution in [1.29, 1.82) is 0 Å². The smallest absolute Gasteiger partial charge is 0.0252 e. The molecule has 0 bridgehead atoms. The largest absolute Gasteiger partial charge is 0.329 e. The second-order valence-corrected chi connectivity index (χ2v) is 7.09. The molecule has 0 spiro atoms. The van der Waals surface area contributed by atoms with E-state index in [9.17, 15) is 0 Å². The fourth-order valence-electron chi connectivity index (χ4n) is 2.17. The van der Waals surface area contributed by atoms with Crippen molar-refractivity contribution in [3.63, 3.8) is 0 Å². The maximum atomic E-state index is 5.63. The van der Waals surface area contributed by atoms with E-state index in [0.29, 0.717) is 18.6 Å². The van der Waals surface area contributed by atoms with Crippen LogP contribution in [0, 0.1) is 0 Å². The fourth-order valence-corrected chi connectivity index (χ4v) is 2.17. The van der Waals surface area contributed by atoms with Gasteiger partial charge in [0.25, 0.3) is 0 Å². The third-order valence-electron chi connectivity index (χ3n) is 2.69. The molecule has 0 aromatic carbocycles. The van der Waals surface area contributed by atoms with Crippen molar-refractivity contribution < 1.29 is 0 Å². The number of hydrogen-bond acceptors (Lipinski definition) is 4. The molecule has 0 unspecified atom stereocenters. The third-order valence-corrected chi connectivity index (χ3v) is 2.69. The molecule has 110 valence electrons. The SMILES string of the molecule is C[C@H](CN)NC(C)(C)CNC[C@H](C)NC(C)(C)C. The van der Waals surface area contributed by atoms with Crippen molar-refractivity contribution in [3.8, 4) is 0 Å². The van der Waals surface area contributed by atoms with E-state index in [1.165, 1.54) is 0 Å². The normalized spacial score (nSPS) is 16.7. The minimum Gasteiger partial charge on any atom is -0.329 e. The topological polar surface area (TPSA) is 62.1 Å². The van der Waals surface area contributed by atoms with Crippen LogP contribution < -0.4 is 21.7 Å². The number of hydrogen-bond donors (Lipinski definition) is 4. The first-order valence-corrected chi connectivity index (χ1v) is 7.02. The van der Waals surface area contributed by atoms with Crippen LogP contribution in [0.1, 0.15) is 48.5 Å². The maximum Gasteiger partial charge on any atom is 0.0252 e. The average Bonchev–Trinajstić information content (AvgIpc) is 2.13. The summed E-state index contributed by atoms with van der Waals surface area (Å²) in [6.07, 6.45) is 0. The van der Waals surface area contributed by atoms with Gasteiger partial charge in [-0.3, -0.25) is 0 Å². The van der Waals surface area contributed by atoms with Crippen molar-refractivity contribution >= 4 is 0 Å². The summed E-state index contributed by atoms with van der Waals surface area (Å²) in [5.41, 5.74) is 5.87. The Hall–Kier alpha value is -0.160. The Bertz CT molecular complexity index is 220. The molecule has 5 N–H and O–H groups in total. The highest BCUT2D eigenvalue weighted by atomic mass is 15.1. The van der Waals surface area contributed by atoms with Crippen molar-refractivity contribution in [2.75, 3.05) is 19.6 Å². The van der Waals surface area contributed by atoms with E-state index in [4.69, 9.17) is 5.73 Å². The zero-order chi connectivity index (χ0) is 14.4. The van der Waals surface area contributed by atoms with E-state index < -0.39 is 0 Å². The van der Waals surface area contributed by atoms with Crippen LogP contribution in [0.25, 0.3) is 0 Å². The summed E-state index contributed by atoms with van der Waals surface area (Å²) >= 11 is 0. The van der Waals surface area contributed by atoms with E-state index in [-0.39, 0.29) is 11.1 Å². The monoisotopic (exact) mass is 258 g/mol. The summed E-state index contributed by atoms with van der Waals surface area (Å²) in [5.74, 6) is 0. The number of nitrogens with two attached hydrogens (primary N) is 1. The maximum absolute atomic E-state index is 5.63. The molecule has 0 aliphatic carbocycles. The second-order valence-electron chi connectivity index (χ2n) is 7.09. The Morgan fingerprint density at radius 1 is 0.944 bits per heavy atom. The van der Waals surface area contributed by atoms with Gasteiger partial charge in [0.05, 0.1) is 0 Å². The molecule has 4 nitrogen and oxygen atoms in total. The average molecular weight is 258 g/mol. The highest BCUT2D eigenvalue weighted by Gasteiger charge is 2.19. The van der Waals surface area contributed by atoms with Gasteiger partial charge in [0.15, 0.2) is 0 Å². The van der Waals surface area contributed by atoms with E-state index in [2.05, 4.69) is 64.4 Å². The zero-order valence-electron chi connectivity index (χ0n) is 13.4. The van der Waals surface area contributed by atoms with Gasteiger partial charge in [-0.2, -0.15) is 0 Å². The Balaban J connectivity index is 3.88. The molecular formula is C14H34N4. The molecule has 0 aliphatic rings. The number of nitrogens with one attached hydrogen (secondary N) is 3. The van der Waals surface area contributed by atoms with Gasteiger partial charge in [0, 0.05) is 42.8 Å². The lowest BCUT2D eigenvalue weighted by Crippen LogP contribution is -2.55. The molecule has 0 aliphatic heterocycles. The van der Waals surface area contributed by atoms with Gasteiger partial charge < -0.3 is 21.7 Å². The van der Waals surface area contributed by atoms with Crippen LogP contribution in [0.5, 0.6) is 0 Å². The Labute approximate surface area is 113 Å². The molecule has 0 radical (unpaired) electrons. The van der Waals surface area contributed by atoms with Crippen LogP contribution in [0.2, 0.25) is 0 Å². The van der Waals surface area contributed by atoms with Gasteiger partial charge in [0.1, 0.15) is 0 Å². The molecule has 2 atom stereocenters. The molecule has 0 saturated carbocycles. The number of rotatable bonds is 8. The van der Waals surface area contributed by atoms with Crippen LogP contribution in [0.3, 0.4) is 0 Å². The minimum atomic E-state index is 0.0697. The van der Waals surface area contributed by atoms with Gasteiger partial charge >= 0.3 is 0 Å². The third kappa shape index (κ3) is 9.83. The van der Waals surface area contributed by atoms with Crippen LogP contribution in [0.15, 0.2) is 0 Å². The fraction of sp³-hybridized carbons (Fsp3) is 1.00. The van der Waals surface area contributed by atoms with Crippen LogP contribution >= 0.6 is 0 Å². The Morgan fingerprint density at radius 2 is 1.50 bits per heavy atom. The zero-order valence-corrected chi connectivity index (χ0v) is 13.4. The first-order valence-electron chi connectivity index (χ1n) is 7.02. The Morgan fingerprint density at radius 3 is 1.94 bits per heavy atom. The molecule has 0 rings (SSSR count). The lowest BCUT2D eigenvalue weighted by Gasteiger charge is -2.32. The molecule has 0 aromatic rings. The first-order chi connectivity index (χ1) is 8.06. The molecule has 18 heavy (non-hydrogen) atoms. The molecule has 0 aromatic heterocycles. The van der Waals surface area contributed by atoms with Crippen molar-refractivity contribution in [2.45, 2.75) is 71.6 Å². The van der Waals surface area contributed by atoms with E-state index in [1.807, 2.05) is 0 Å². The van der Waals surface area contributed by atoms with Crippen LogP contribution in [0.4, 0.5) is 0 Å². The molecule has 0 saturated heterocycles. The lowest BCUT2D eigenvalue weighted by molar-refractivity contribution is 0.312. The predicted molar refractivity (Wildman–Crippen MR) is 81.0 cm³/mol. The summed E-state index contributed by atoms with van der Waals surface area (Å²) in [6, 6.07) is 0.819. The predicted octanol–water partition coefficient (Wildman–Crippen LogP) is 1.07. The summed E-state index contributed by atoms with van der Waals surface area (Å²) in [7, 11) is 0. The van der Waals surface area contributed by atoms with E-state index in [0.717, 1.165) is 13.1 Å². The lowest BCUT2D eigenvalue weighted by atomic mass is 10.0. The van der Waals surface area contributed by atoms with Crippen LogP contribution in [-0.4, -0.2) is 42.8 Å².